The molecule has 0 aliphatic heterocycles. The summed E-state index contributed by atoms with van der Waals surface area (Å²) in [6, 6.07) is 23.9. The Morgan fingerprint density at radius 1 is 0.750 bits per heavy atom. The second-order valence-corrected chi connectivity index (χ2v) is 6.76. The first-order valence-corrected chi connectivity index (χ1v) is 10.2. The van der Waals surface area contributed by atoms with Crippen molar-refractivity contribution in [2.24, 2.45) is 0 Å². The van der Waals surface area contributed by atoms with E-state index in [-0.39, 0.29) is 5.91 Å². The number of rotatable bonds is 5. The number of anilines is 1. The Bertz CT molecular complexity index is 884. The first-order chi connectivity index (χ1) is 13.6. The van der Waals surface area contributed by atoms with Crippen molar-refractivity contribution in [2.45, 2.75) is 47.0 Å². The molecule has 0 aliphatic carbocycles. The largest absolute Gasteiger partial charge is 0.322 e. The molecule has 0 atom stereocenters. The van der Waals surface area contributed by atoms with Crippen molar-refractivity contribution in [2.75, 3.05) is 5.32 Å². The van der Waals surface area contributed by atoms with Crippen LogP contribution in [0, 0.1) is 0 Å². The van der Waals surface area contributed by atoms with Crippen molar-refractivity contribution in [3.63, 3.8) is 0 Å². The summed E-state index contributed by atoms with van der Waals surface area (Å²) in [5.74, 6) is -0.0780. The molecule has 0 saturated heterocycles. The number of carbonyl (C=O) groups is 1. The van der Waals surface area contributed by atoms with E-state index >= 15 is 0 Å². The van der Waals surface area contributed by atoms with Gasteiger partial charge in [-0.25, -0.2) is 0 Å². The van der Waals surface area contributed by atoms with Crippen LogP contribution in [0.15, 0.2) is 72.8 Å². The fourth-order valence-corrected chi connectivity index (χ4v) is 3.13. The summed E-state index contributed by atoms with van der Waals surface area (Å²) in [6.45, 7) is 8.55. The Morgan fingerprint density at radius 2 is 1.36 bits per heavy atom. The Balaban J connectivity index is 0.000000878. The molecule has 2 nitrogen and oxygen atoms in total. The van der Waals surface area contributed by atoms with Crippen molar-refractivity contribution in [3.05, 3.63) is 89.5 Å². The molecule has 0 radical (unpaired) electrons. The van der Waals surface area contributed by atoms with E-state index in [2.05, 4.69) is 45.1 Å². The van der Waals surface area contributed by atoms with Gasteiger partial charge in [0, 0.05) is 11.3 Å². The summed E-state index contributed by atoms with van der Waals surface area (Å²) in [6.07, 6.45) is 3.22. The maximum Gasteiger partial charge on any atom is 0.256 e. The molecule has 0 bridgehead atoms. The van der Waals surface area contributed by atoms with E-state index in [0.717, 1.165) is 29.7 Å². The zero-order valence-electron chi connectivity index (χ0n) is 17.5. The molecule has 0 fully saturated rings. The van der Waals surface area contributed by atoms with E-state index < -0.39 is 0 Å². The van der Waals surface area contributed by atoms with Crippen molar-refractivity contribution in [1.82, 2.24) is 0 Å². The van der Waals surface area contributed by atoms with E-state index in [1.807, 2.05) is 60.7 Å². The third-order valence-electron chi connectivity index (χ3n) is 4.48. The van der Waals surface area contributed by atoms with Gasteiger partial charge < -0.3 is 5.32 Å². The van der Waals surface area contributed by atoms with E-state index in [0.29, 0.717) is 5.56 Å². The molecular formula is C26H31NO. The highest BCUT2D eigenvalue weighted by atomic mass is 16.1. The van der Waals surface area contributed by atoms with Crippen LogP contribution >= 0.6 is 0 Å². The molecule has 0 saturated carbocycles. The molecule has 2 heteroatoms. The lowest BCUT2D eigenvalue weighted by Gasteiger charge is -2.13. The monoisotopic (exact) mass is 373 g/mol. The lowest BCUT2D eigenvalue weighted by molar-refractivity contribution is 0.102. The average Bonchev–Trinajstić information content (AvgIpc) is 2.74. The van der Waals surface area contributed by atoms with Gasteiger partial charge in [-0.2, -0.15) is 0 Å². The summed E-state index contributed by atoms with van der Waals surface area (Å²) in [5.41, 5.74) is 6.15. The summed E-state index contributed by atoms with van der Waals surface area (Å²) >= 11 is 0. The third-order valence-corrected chi connectivity index (χ3v) is 4.48. The predicted molar refractivity (Wildman–Crippen MR) is 121 cm³/mol. The van der Waals surface area contributed by atoms with Gasteiger partial charge in [0.2, 0.25) is 0 Å². The molecule has 146 valence electrons. The van der Waals surface area contributed by atoms with Crippen LogP contribution in [0.1, 0.15) is 55.6 Å². The third kappa shape index (κ3) is 5.56. The maximum absolute atomic E-state index is 12.9. The molecule has 0 heterocycles. The molecule has 3 rings (SSSR count). The molecule has 1 amide bonds. The first-order valence-electron chi connectivity index (χ1n) is 10.2. The minimum Gasteiger partial charge on any atom is -0.322 e. The summed E-state index contributed by atoms with van der Waals surface area (Å²) in [4.78, 5) is 12.9. The molecule has 0 aromatic heterocycles. The molecule has 0 aliphatic rings. The van der Waals surface area contributed by atoms with Crippen molar-refractivity contribution in [3.8, 4) is 11.1 Å². The van der Waals surface area contributed by atoms with Crippen LogP contribution in [0.4, 0.5) is 5.69 Å². The quantitative estimate of drug-likeness (QED) is 0.505. The summed E-state index contributed by atoms with van der Waals surface area (Å²) in [5, 5.41) is 3.06. The topological polar surface area (TPSA) is 29.1 Å². The Labute approximate surface area is 169 Å². The SMILES string of the molecule is CCC.CCc1ccc(NC(=O)c2ccccc2-c2ccccc2)cc1CC. The van der Waals surface area contributed by atoms with E-state index in [1.165, 1.54) is 17.5 Å². The van der Waals surface area contributed by atoms with Gasteiger partial charge in [0.25, 0.3) is 5.91 Å². The molecule has 0 unspecified atom stereocenters. The van der Waals surface area contributed by atoms with E-state index in [4.69, 9.17) is 0 Å². The standard InChI is InChI=1S/C23H23NO.C3H8/c1-3-17-14-15-20(16-18(17)4-2)24-23(25)22-13-9-8-12-21(22)19-10-6-5-7-11-19;1-3-2/h5-16H,3-4H2,1-2H3,(H,24,25);3H2,1-2H3. The fourth-order valence-electron chi connectivity index (χ4n) is 3.13. The van der Waals surface area contributed by atoms with Crippen LogP contribution < -0.4 is 5.32 Å². The fraction of sp³-hybridized carbons (Fsp3) is 0.269. The van der Waals surface area contributed by atoms with Crippen LogP contribution in [0.3, 0.4) is 0 Å². The van der Waals surface area contributed by atoms with Gasteiger partial charge in [0.1, 0.15) is 0 Å². The van der Waals surface area contributed by atoms with E-state index in [9.17, 15) is 4.79 Å². The van der Waals surface area contributed by atoms with E-state index in [1.54, 1.807) is 0 Å². The van der Waals surface area contributed by atoms with Crippen molar-refractivity contribution < 1.29 is 4.79 Å². The second-order valence-electron chi connectivity index (χ2n) is 6.76. The Kier molecular flexibility index (Phi) is 8.48. The lowest BCUT2D eigenvalue weighted by atomic mass is 9.99. The Hall–Kier alpha value is -2.87. The van der Waals surface area contributed by atoms with Crippen LogP contribution in [-0.2, 0) is 12.8 Å². The zero-order chi connectivity index (χ0) is 20.4. The number of hydrogen-bond acceptors (Lipinski definition) is 1. The van der Waals surface area contributed by atoms with Gasteiger partial charge in [-0.1, -0.05) is 88.7 Å². The predicted octanol–water partition coefficient (Wildman–Crippen LogP) is 7.15. The molecule has 0 spiro atoms. The molecule has 3 aromatic rings. The normalized spacial score (nSPS) is 10.0. The highest BCUT2D eigenvalue weighted by Crippen LogP contribution is 2.25. The van der Waals surface area contributed by atoms with Gasteiger partial charge in [-0.3, -0.25) is 4.79 Å². The number of amides is 1. The number of carbonyl (C=O) groups excluding carboxylic acids is 1. The molecular weight excluding hydrogens is 342 g/mol. The number of nitrogens with one attached hydrogen (secondary N) is 1. The first kappa shape index (κ1) is 21.4. The van der Waals surface area contributed by atoms with Gasteiger partial charge in [-0.05, 0) is 53.3 Å². The highest BCUT2D eigenvalue weighted by molar-refractivity contribution is 6.08. The van der Waals surface area contributed by atoms with Gasteiger partial charge in [0.15, 0.2) is 0 Å². The number of hydrogen-bond donors (Lipinski definition) is 1. The summed E-state index contributed by atoms with van der Waals surface area (Å²) in [7, 11) is 0. The van der Waals surface area contributed by atoms with Crippen LogP contribution in [-0.4, -0.2) is 5.91 Å². The minimum atomic E-state index is -0.0780. The van der Waals surface area contributed by atoms with Crippen molar-refractivity contribution in [1.29, 1.82) is 0 Å². The minimum absolute atomic E-state index is 0.0780. The molecule has 3 aromatic carbocycles. The number of aryl methyl sites for hydroxylation is 2. The average molecular weight is 374 g/mol. The van der Waals surface area contributed by atoms with Crippen LogP contribution in [0.25, 0.3) is 11.1 Å². The zero-order valence-corrected chi connectivity index (χ0v) is 17.5. The number of benzene rings is 3. The van der Waals surface area contributed by atoms with Crippen LogP contribution in [0.5, 0.6) is 0 Å². The molecule has 1 N–H and O–H groups in total. The van der Waals surface area contributed by atoms with Crippen LogP contribution in [0.2, 0.25) is 0 Å². The van der Waals surface area contributed by atoms with Crippen molar-refractivity contribution >= 4 is 11.6 Å². The highest BCUT2D eigenvalue weighted by Gasteiger charge is 2.13. The second kappa shape index (κ2) is 11.1. The smallest absolute Gasteiger partial charge is 0.256 e. The van der Waals surface area contributed by atoms with Gasteiger partial charge in [-0.15, -0.1) is 0 Å². The van der Waals surface area contributed by atoms with Gasteiger partial charge >= 0.3 is 0 Å². The Morgan fingerprint density at radius 3 is 2.00 bits per heavy atom. The summed E-state index contributed by atoms with van der Waals surface area (Å²) < 4.78 is 0. The van der Waals surface area contributed by atoms with Gasteiger partial charge in [0.05, 0.1) is 0 Å². The maximum atomic E-state index is 12.9. The molecule has 28 heavy (non-hydrogen) atoms. The lowest BCUT2D eigenvalue weighted by Crippen LogP contribution is -2.13.